The number of para-hydroxylation sites is 1. The number of imidazole rings is 1. The summed E-state index contributed by atoms with van der Waals surface area (Å²) in [6.07, 6.45) is 5.10. The molecule has 12 nitrogen and oxygen atoms in total. The van der Waals surface area contributed by atoms with E-state index < -0.39 is 47.9 Å². The molecule has 0 saturated heterocycles. The van der Waals surface area contributed by atoms with Crippen LogP contribution in [0.5, 0.6) is 0 Å². The zero-order chi connectivity index (χ0) is 29.4. The minimum Gasteiger partial charge on any atom is -0.480 e. The van der Waals surface area contributed by atoms with Gasteiger partial charge in [-0.25, -0.2) is 9.78 Å². The zero-order valence-corrected chi connectivity index (χ0v) is 22.5. The molecule has 41 heavy (non-hydrogen) atoms. The van der Waals surface area contributed by atoms with E-state index >= 15 is 0 Å². The molecule has 2 heterocycles. The third kappa shape index (κ3) is 7.79. The van der Waals surface area contributed by atoms with E-state index in [1.165, 1.54) is 13.3 Å². The van der Waals surface area contributed by atoms with E-state index in [-0.39, 0.29) is 19.3 Å². The summed E-state index contributed by atoms with van der Waals surface area (Å²) in [5, 5.41) is 18.6. The number of carbonyl (C=O) groups excluding carboxylic acids is 3. The fraction of sp³-hybridized carbons (Fsp3) is 0.276. The summed E-state index contributed by atoms with van der Waals surface area (Å²) in [4.78, 5) is 61.0. The van der Waals surface area contributed by atoms with Crippen molar-refractivity contribution < 1.29 is 24.3 Å². The second kappa shape index (κ2) is 13.4. The van der Waals surface area contributed by atoms with Crippen molar-refractivity contribution in [2.45, 2.75) is 50.4 Å². The number of rotatable bonds is 13. The van der Waals surface area contributed by atoms with Gasteiger partial charge in [0.15, 0.2) is 0 Å². The van der Waals surface area contributed by atoms with Gasteiger partial charge in [0.25, 0.3) is 0 Å². The molecule has 8 N–H and O–H groups in total. The fourth-order valence-electron chi connectivity index (χ4n) is 4.46. The Labute approximate surface area is 236 Å². The Balaban J connectivity index is 1.44. The van der Waals surface area contributed by atoms with E-state index in [1.54, 1.807) is 36.7 Å². The number of H-pyrrole nitrogens is 2. The lowest BCUT2D eigenvalue weighted by molar-refractivity contribution is -0.142. The minimum atomic E-state index is -1.24. The molecule has 2 aromatic heterocycles. The number of benzene rings is 2. The number of fused-ring (bicyclic) bond motifs is 1. The van der Waals surface area contributed by atoms with Crippen molar-refractivity contribution in [3.63, 3.8) is 0 Å². The van der Waals surface area contributed by atoms with Gasteiger partial charge in [-0.15, -0.1) is 0 Å². The van der Waals surface area contributed by atoms with E-state index in [2.05, 4.69) is 30.9 Å². The Kier molecular flexibility index (Phi) is 9.48. The van der Waals surface area contributed by atoms with Crippen molar-refractivity contribution in [3.8, 4) is 0 Å². The molecule has 12 heteroatoms. The second-order valence-electron chi connectivity index (χ2n) is 9.83. The van der Waals surface area contributed by atoms with Crippen LogP contribution in [-0.4, -0.2) is 67.9 Å². The van der Waals surface area contributed by atoms with Crippen LogP contribution in [0, 0.1) is 0 Å². The molecule has 0 spiro atoms. The number of nitrogens with zero attached hydrogens (tertiary/aromatic N) is 1. The summed E-state index contributed by atoms with van der Waals surface area (Å²) >= 11 is 0. The third-order valence-electron chi connectivity index (χ3n) is 6.71. The molecule has 214 valence electrons. The Hall–Kier alpha value is -4.97. The highest BCUT2D eigenvalue weighted by molar-refractivity contribution is 5.94. The van der Waals surface area contributed by atoms with Gasteiger partial charge in [-0.05, 0) is 24.1 Å². The number of aromatic amines is 2. The Morgan fingerprint density at radius 1 is 0.854 bits per heavy atom. The first-order valence-corrected chi connectivity index (χ1v) is 13.2. The number of carboxylic acid groups (broad SMARTS) is 1. The van der Waals surface area contributed by atoms with E-state index in [1.807, 2.05) is 30.3 Å². The van der Waals surface area contributed by atoms with Crippen LogP contribution in [0.25, 0.3) is 10.9 Å². The molecule has 3 amide bonds. The van der Waals surface area contributed by atoms with Crippen molar-refractivity contribution in [2.75, 3.05) is 0 Å². The van der Waals surface area contributed by atoms with Crippen LogP contribution in [0.15, 0.2) is 73.3 Å². The molecule has 0 aliphatic rings. The summed E-state index contributed by atoms with van der Waals surface area (Å²) in [5.41, 5.74) is 8.99. The van der Waals surface area contributed by atoms with Gasteiger partial charge in [-0.2, -0.15) is 0 Å². The predicted molar refractivity (Wildman–Crippen MR) is 152 cm³/mol. The zero-order valence-electron chi connectivity index (χ0n) is 22.5. The first kappa shape index (κ1) is 29.0. The number of aliphatic carboxylic acids is 1. The largest absolute Gasteiger partial charge is 0.480 e. The lowest BCUT2D eigenvalue weighted by Gasteiger charge is -2.24. The third-order valence-corrected chi connectivity index (χ3v) is 6.71. The Bertz CT molecular complexity index is 1490. The van der Waals surface area contributed by atoms with Gasteiger partial charge in [0, 0.05) is 48.3 Å². The summed E-state index contributed by atoms with van der Waals surface area (Å²) in [6, 6.07) is 12.2. The maximum atomic E-state index is 13.4. The number of aromatic nitrogens is 3. The molecule has 0 fully saturated rings. The highest BCUT2D eigenvalue weighted by Crippen LogP contribution is 2.19. The normalized spacial score (nSPS) is 14.0. The molecule has 4 rings (SSSR count). The molecular formula is C29H33N7O5. The van der Waals surface area contributed by atoms with Gasteiger partial charge in [0.2, 0.25) is 17.7 Å². The van der Waals surface area contributed by atoms with Gasteiger partial charge >= 0.3 is 5.97 Å². The number of nitrogens with one attached hydrogen (secondary N) is 5. The lowest BCUT2D eigenvalue weighted by Crippen LogP contribution is -2.57. The molecule has 4 unspecified atom stereocenters. The van der Waals surface area contributed by atoms with Gasteiger partial charge in [-0.1, -0.05) is 48.5 Å². The smallest absolute Gasteiger partial charge is 0.326 e. The van der Waals surface area contributed by atoms with Crippen molar-refractivity contribution in [1.82, 2.24) is 30.9 Å². The molecule has 0 aliphatic carbocycles. The predicted octanol–water partition coefficient (Wildman–Crippen LogP) is 0.805. The highest BCUT2D eigenvalue weighted by Gasteiger charge is 2.29. The van der Waals surface area contributed by atoms with Gasteiger partial charge in [-0.3, -0.25) is 14.4 Å². The average molecular weight is 560 g/mol. The van der Waals surface area contributed by atoms with Gasteiger partial charge < -0.3 is 36.8 Å². The summed E-state index contributed by atoms with van der Waals surface area (Å²) < 4.78 is 0. The number of nitrogens with two attached hydrogens (primary N) is 1. The maximum Gasteiger partial charge on any atom is 0.326 e. The van der Waals surface area contributed by atoms with Crippen LogP contribution in [0.4, 0.5) is 0 Å². The average Bonchev–Trinajstić information content (AvgIpc) is 3.62. The summed E-state index contributed by atoms with van der Waals surface area (Å²) in [6.45, 7) is 1.48. The number of carbonyl (C=O) groups is 4. The Morgan fingerprint density at radius 2 is 1.56 bits per heavy atom. The van der Waals surface area contributed by atoms with Crippen molar-refractivity contribution in [3.05, 3.63) is 90.1 Å². The van der Waals surface area contributed by atoms with E-state index in [0.717, 1.165) is 22.0 Å². The number of hydrogen-bond donors (Lipinski definition) is 7. The lowest BCUT2D eigenvalue weighted by atomic mass is 10.0. The summed E-state index contributed by atoms with van der Waals surface area (Å²) in [7, 11) is 0. The first-order valence-electron chi connectivity index (χ1n) is 13.2. The molecule has 4 aromatic rings. The number of hydrogen-bond acceptors (Lipinski definition) is 6. The molecule has 0 bridgehead atoms. The Morgan fingerprint density at radius 3 is 2.27 bits per heavy atom. The van der Waals surface area contributed by atoms with Crippen LogP contribution in [-0.2, 0) is 38.4 Å². The molecule has 0 radical (unpaired) electrons. The van der Waals surface area contributed by atoms with Gasteiger partial charge in [0.1, 0.15) is 18.1 Å². The highest BCUT2D eigenvalue weighted by atomic mass is 16.4. The van der Waals surface area contributed by atoms with E-state index in [9.17, 15) is 24.3 Å². The first-order chi connectivity index (χ1) is 19.7. The SMILES string of the molecule is CC(NC(=O)C(N)Cc1cnc[nH]1)C(=O)NC(Cc1ccccc1)C(=O)NC(Cc1c[nH]c2ccccc12)C(=O)O. The monoisotopic (exact) mass is 559 g/mol. The number of amides is 3. The molecule has 2 aromatic carbocycles. The maximum absolute atomic E-state index is 13.4. The molecular weight excluding hydrogens is 526 g/mol. The second-order valence-corrected chi connectivity index (χ2v) is 9.83. The van der Waals surface area contributed by atoms with Gasteiger partial charge in [0.05, 0.1) is 12.4 Å². The van der Waals surface area contributed by atoms with Crippen LogP contribution in [0.1, 0.15) is 23.7 Å². The van der Waals surface area contributed by atoms with E-state index in [0.29, 0.717) is 5.69 Å². The van der Waals surface area contributed by atoms with Crippen LogP contribution < -0.4 is 21.7 Å². The topological polar surface area (TPSA) is 195 Å². The van der Waals surface area contributed by atoms with Crippen LogP contribution in [0.2, 0.25) is 0 Å². The van der Waals surface area contributed by atoms with Crippen molar-refractivity contribution >= 4 is 34.6 Å². The van der Waals surface area contributed by atoms with Crippen molar-refractivity contribution in [1.29, 1.82) is 0 Å². The van der Waals surface area contributed by atoms with Crippen LogP contribution in [0.3, 0.4) is 0 Å². The number of carboxylic acids is 1. The molecule has 4 atom stereocenters. The molecule has 0 aliphatic heterocycles. The summed E-state index contributed by atoms with van der Waals surface area (Å²) in [5.74, 6) is -3.04. The van der Waals surface area contributed by atoms with Crippen molar-refractivity contribution in [2.24, 2.45) is 5.73 Å². The molecule has 0 saturated carbocycles. The van der Waals surface area contributed by atoms with Crippen LogP contribution >= 0.6 is 0 Å². The fourth-order valence-corrected chi connectivity index (χ4v) is 4.46. The standard InChI is InChI=1S/C29H33N7O5/c1-17(34-27(38)22(30)13-20-15-31-16-33-20)26(37)35-24(11-18-7-3-2-4-8-18)28(39)36-25(29(40)41)12-19-14-32-23-10-6-5-9-21(19)23/h2-10,14-17,22,24-25,32H,11-13,30H2,1H3,(H,31,33)(H,34,38)(H,35,37)(H,36,39)(H,40,41). The minimum absolute atomic E-state index is 0.0395. The quantitative estimate of drug-likeness (QED) is 0.126. The van der Waals surface area contributed by atoms with E-state index in [4.69, 9.17) is 5.73 Å².